The van der Waals surface area contributed by atoms with Crippen molar-refractivity contribution in [3.05, 3.63) is 46.6 Å². The fourth-order valence-electron chi connectivity index (χ4n) is 2.17. The van der Waals surface area contributed by atoms with Gasteiger partial charge in [-0.2, -0.15) is 0 Å². The number of halogens is 1. The molecule has 0 aliphatic carbocycles. The number of rotatable bonds is 2. The van der Waals surface area contributed by atoms with Gasteiger partial charge in [-0.25, -0.2) is 4.79 Å². The zero-order valence-corrected chi connectivity index (χ0v) is 15.3. The van der Waals surface area contributed by atoms with Gasteiger partial charge < -0.3 is 4.74 Å². The van der Waals surface area contributed by atoms with E-state index in [0.29, 0.717) is 5.92 Å². The third-order valence-corrected chi connectivity index (χ3v) is 3.66. The lowest BCUT2D eigenvalue weighted by Gasteiger charge is -2.20. The van der Waals surface area contributed by atoms with Crippen LogP contribution in [0.15, 0.2) is 41.0 Å². The highest BCUT2D eigenvalue weighted by atomic mass is 79.9. The molecule has 0 bridgehead atoms. The van der Waals surface area contributed by atoms with Gasteiger partial charge in [-0.3, -0.25) is 4.57 Å². The molecule has 4 heteroatoms. The molecule has 0 saturated heterocycles. The van der Waals surface area contributed by atoms with Gasteiger partial charge in [0.1, 0.15) is 5.60 Å². The first-order valence-electron chi connectivity index (χ1n) is 7.39. The van der Waals surface area contributed by atoms with Crippen LogP contribution in [0.4, 0.5) is 4.79 Å². The Kier molecular flexibility index (Phi) is 4.81. The Balaban J connectivity index is 2.44. The topological polar surface area (TPSA) is 31.2 Å². The third kappa shape index (κ3) is 4.01. The Morgan fingerprint density at radius 2 is 1.91 bits per heavy atom. The van der Waals surface area contributed by atoms with Crippen LogP contribution in [-0.4, -0.2) is 16.3 Å². The molecule has 22 heavy (non-hydrogen) atoms. The van der Waals surface area contributed by atoms with Crippen LogP contribution in [0.5, 0.6) is 0 Å². The predicted molar refractivity (Wildman–Crippen MR) is 93.3 cm³/mol. The molecule has 0 unspecified atom stereocenters. The summed E-state index contributed by atoms with van der Waals surface area (Å²) in [6.07, 6.45) is 1.37. The van der Waals surface area contributed by atoms with Gasteiger partial charge in [0.05, 0.1) is 5.69 Å². The van der Waals surface area contributed by atoms with Crippen molar-refractivity contribution in [3.8, 4) is 11.3 Å². The maximum Gasteiger partial charge on any atom is 0.419 e. The number of carbonyl (C=O) groups is 1. The molecule has 0 aliphatic heterocycles. The summed E-state index contributed by atoms with van der Waals surface area (Å²) in [7, 11) is 0. The first kappa shape index (κ1) is 16.8. The van der Waals surface area contributed by atoms with E-state index in [1.165, 1.54) is 5.56 Å². The molecule has 1 heterocycles. The lowest BCUT2D eigenvalue weighted by Crippen LogP contribution is -2.27. The molecule has 0 aliphatic rings. The average molecular weight is 364 g/mol. The second-order valence-electron chi connectivity index (χ2n) is 6.67. The van der Waals surface area contributed by atoms with Crippen molar-refractivity contribution in [2.24, 2.45) is 0 Å². The number of hydrogen-bond acceptors (Lipinski definition) is 2. The Bertz CT molecular complexity index is 681. The normalized spacial score (nSPS) is 11.8. The molecule has 0 saturated carbocycles. The number of hydrogen-bond donors (Lipinski definition) is 0. The van der Waals surface area contributed by atoms with Crippen molar-refractivity contribution in [3.63, 3.8) is 0 Å². The van der Waals surface area contributed by atoms with Crippen LogP contribution in [0, 0.1) is 0 Å². The maximum atomic E-state index is 12.4. The van der Waals surface area contributed by atoms with E-state index >= 15 is 0 Å². The number of ether oxygens (including phenoxy) is 1. The van der Waals surface area contributed by atoms with Gasteiger partial charge in [0.15, 0.2) is 0 Å². The van der Waals surface area contributed by atoms with Crippen LogP contribution in [0.1, 0.15) is 46.1 Å². The van der Waals surface area contributed by atoms with Crippen LogP contribution in [0.2, 0.25) is 0 Å². The summed E-state index contributed by atoms with van der Waals surface area (Å²) in [5.41, 5.74) is 2.54. The second kappa shape index (κ2) is 6.29. The molecule has 0 fully saturated rings. The molecule has 118 valence electrons. The summed E-state index contributed by atoms with van der Waals surface area (Å²) < 4.78 is 7.88. The number of aromatic nitrogens is 1. The fraction of sp³-hybridized carbons (Fsp3) is 0.389. The van der Waals surface area contributed by atoms with Gasteiger partial charge >= 0.3 is 6.09 Å². The van der Waals surface area contributed by atoms with Crippen molar-refractivity contribution in [2.75, 3.05) is 0 Å². The van der Waals surface area contributed by atoms with E-state index in [-0.39, 0.29) is 6.09 Å². The molecule has 0 N–H and O–H groups in total. The van der Waals surface area contributed by atoms with Gasteiger partial charge in [0.2, 0.25) is 0 Å². The minimum absolute atomic E-state index is 0.372. The van der Waals surface area contributed by atoms with Crippen molar-refractivity contribution in [1.82, 2.24) is 4.57 Å². The van der Waals surface area contributed by atoms with Crippen molar-refractivity contribution < 1.29 is 9.53 Å². The molecule has 2 aromatic rings. The second-order valence-corrected chi connectivity index (χ2v) is 7.59. The molecular formula is C18H22BrNO2. The van der Waals surface area contributed by atoms with Crippen molar-refractivity contribution >= 4 is 22.0 Å². The quantitative estimate of drug-likeness (QED) is 0.672. The molecule has 3 nitrogen and oxygen atoms in total. The minimum Gasteiger partial charge on any atom is -0.443 e. The molecule has 2 rings (SSSR count). The summed E-state index contributed by atoms with van der Waals surface area (Å²) >= 11 is 3.45. The van der Waals surface area contributed by atoms with E-state index in [2.05, 4.69) is 41.9 Å². The van der Waals surface area contributed by atoms with Gasteiger partial charge in [-0.15, -0.1) is 0 Å². The summed E-state index contributed by atoms with van der Waals surface area (Å²) in [5, 5.41) is 0. The monoisotopic (exact) mass is 363 g/mol. The molecule has 0 atom stereocenters. The summed E-state index contributed by atoms with van der Waals surface area (Å²) in [6.45, 7) is 9.90. The lowest BCUT2D eigenvalue weighted by atomic mass is 10.00. The minimum atomic E-state index is -0.523. The van der Waals surface area contributed by atoms with Gasteiger partial charge in [-0.05, 0) is 65.9 Å². The van der Waals surface area contributed by atoms with E-state index in [9.17, 15) is 4.79 Å². The molecule has 0 spiro atoms. The smallest absolute Gasteiger partial charge is 0.419 e. The standard InChI is InChI=1S/C18H22BrNO2/c1-12(2)13-7-6-8-14(9-13)16-10-15(19)11-20(16)17(21)22-18(3,4)5/h6-12H,1-5H3. The largest absolute Gasteiger partial charge is 0.443 e. The zero-order chi connectivity index (χ0) is 16.5. The Morgan fingerprint density at radius 1 is 1.23 bits per heavy atom. The Hall–Kier alpha value is -1.55. The van der Waals surface area contributed by atoms with E-state index in [1.807, 2.05) is 39.0 Å². The van der Waals surface area contributed by atoms with Crippen molar-refractivity contribution in [1.29, 1.82) is 0 Å². The van der Waals surface area contributed by atoms with Crippen molar-refractivity contribution in [2.45, 2.75) is 46.1 Å². The molecule has 1 aromatic carbocycles. The highest BCUT2D eigenvalue weighted by molar-refractivity contribution is 9.10. The Labute approximate surface area is 140 Å². The van der Waals surface area contributed by atoms with Gasteiger partial charge in [0, 0.05) is 10.7 Å². The summed E-state index contributed by atoms with van der Waals surface area (Å²) in [5.74, 6) is 0.438. The molecule has 0 amide bonds. The van der Waals surface area contributed by atoms with Gasteiger partial charge in [-0.1, -0.05) is 32.0 Å². The summed E-state index contributed by atoms with van der Waals surface area (Å²) in [4.78, 5) is 12.4. The highest BCUT2D eigenvalue weighted by Gasteiger charge is 2.21. The van der Waals surface area contributed by atoms with E-state index in [0.717, 1.165) is 15.7 Å². The van der Waals surface area contributed by atoms with Crippen LogP contribution < -0.4 is 0 Å². The van der Waals surface area contributed by atoms with Crippen LogP contribution in [0.25, 0.3) is 11.3 Å². The fourth-order valence-corrected chi connectivity index (χ4v) is 2.59. The predicted octanol–water partition coefficient (Wildman–Crippen LogP) is 5.82. The molecule has 0 radical (unpaired) electrons. The number of benzene rings is 1. The SMILES string of the molecule is CC(C)c1cccc(-c2cc(Br)cn2C(=O)OC(C)(C)C)c1. The maximum absolute atomic E-state index is 12.4. The zero-order valence-electron chi connectivity index (χ0n) is 13.7. The number of nitrogens with zero attached hydrogens (tertiary/aromatic N) is 1. The number of carbonyl (C=O) groups excluding carboxylic acids is 1. The van der Waals surface area contributed by atoms with Crippen LogP contribution in [0.3, 0.4) is 0 Å². The summed E-state index contributed by atoms with van der Waals surface area (Å²) in [6, 6.07) is 10.2. The lowest BCUT2D eigenvalue weighted by molar-refractivity contribution is 0.0540. The van der Waals surface area contributed by atoms with Gasteiger partial charge in [0.25, 0.3) is 0 Å². The Morgan fingerprint density at radius 3 is 2.50 bits per heavy atom. The van der Waals surface area contributed by atoms with Crippen LogP contribution in [-0.2, 0) is 4.74 Å². The van der Waals surface area contributed by atoms with E-state index in [4.69, 9.17) is 4.74 Å². The van der Waals surface area contributed by atoms with Crippen LogP contribution >= 0.6 is 15.9 Å². The first-order chi connectivity index (χ1) is 10.2. The highest BCUT2D eigenvalue weighted by Crippen LogP contribution is 2.28. The van der Waals surface area contributed by atoms with E-state index in [1.54, 1.807) is 10.8 Å². The average Bonchev–Trinajstić information content (AvgIpc) is 2.79. The molecular weight excluding hydrogens is 342 g/mol. The molecule has 1 aromatic heterocycles. The van der Waals surface area contributed by atoms with E-state index < -0.39 is 5.60 Å². The third-order valence-electron chi connectivity index (χ3n) is 3.23. The first-order valence-corrected chi connectivity index (χ1v) is 8.18.